The zero-order valence-corrected chi connectivity index (χ0v) is 11.6. The van der Waals surface area contributed by atoms with Crippen LogP contribution < -0.4 is 5.32 Å². The minimum atomic E-state index is -0.168. The van der Waals surface area contributed by atoms with Crippen molar-refractivity contribution in [3.63, 3.8) is 0 Å². The first-order valence-electron chi connectivity index (χ1n) is 4.29. The number of hydrogen-bond acceptors (Lipinski definition) is 4. The number of amides is 1. The first-order chi connectivity index (χ1) is 7.56. The van der Waals surface area contributed by atoms with E-state index in [-0.39, 0.29) is 11.7 Å². The van der Waals surface area contributed by atoms with E-state index in [0.29, 0.717) is 9.23 Å². The van der Waals surface area contributed by atoms with Gasteiger partial charge in [0.1, 0.15) is 10.1 Å². The molecule has 2 rings (SSSR count). The van der Waals surface area contributed by atoms with Crippen LogP contribution in [0.25, 0.3) is 6.08 Å². The Morgan fingerprint density at radius 2 is 2.25 bits per heavy atom. The quantitative estimate of drug-likeness (QED) is 0.457. The molecule has 0 bridgehead atoms. The summed E-state index contributed by atoms with van der Waals surface area (Å²) in [7, 11) is 0. The maximum atomic E-state index is 11.4. The number of rotatable bonds is 1. The number of phenols is 1. The van der Waals surface area contributed by atoms with Crippen LogP contribution >= 0.6 is 46.6 Å². The van der Waals surface area contributed by atoms with E-state index in [1.807, 2.05) is 22.6 Å². The van der Waals surface area contributed by atoms with Crippen LogP contribution in [0.4, 0.5) is 0 Å². The predicted octanol–water partition coefficient (Wildman–Crippen LogP) is 2.49. The Kier molecular flexibility index (Phi) is 3.50. The number of halogens is 1. The van der Waals surface area contributed by atoms with Crippen LogP contribution in [0, 0.1) is 3.57 Å². The third-order valence-electron chi connectivity index (χ3n) is 1.91. The summed E-state index contributed by atoms with van der Waals surface area (Å²) in [6.45, 7) is 0. The molecule has 0 aliphatic carbocycles. The van der Waals surface area contributed by atoms with Crippen molar-refractivity contribution in [3.8, 4) is 5.75 Å². The Labute approximate surface area is 115 Å². The molecule has 1 saturated heterocycles. The highest BCUT2D eigenvalue weighted by Crippen LogP contribution is 2.27. The second-order valence-corrected chi connectivity index (χ2v) is 5.94. The summed E-state index contributed by atoms with van der Waals surface area (Å²) in [6.07, 6.45) is 1.75. The summed E-state index contributed by atoms with van der Waals surface area (Å²) in [6, 6.07) is 5.15. The topological polar surface area (TPSA) is 49.3 Å². The molecule has 0 saturated carbocycles. The fourth-order valence-electron chi connectivity index (χ4n) is 1.19. The smallest absolute Gasteiger partial charge is 0.263 e. The van der Waals surface area contributed by atoms with Gasteiger partial charge < -0.3 is 10.4 Å². The van der Waals surface area contributed by atoms with Crippen molar-refractivity contribution in [2.45, 2.75) is 0 Å². The number of thiocarbonyl (C=S) groups is 1. The average molecular weight is 363 g/mol. The van der Waals surface area contributed by atoms with Gasteiger partial charge in [-0.15, -0.1) is 0 Å². The van der Waals surface area contributed by atoms with Crippen molar-refractivity contribution < 1.29 is 9.90 Å². The SMILES string of the molecule is O=C1NC(=S)SC1=Cc1ccc(O)c(I)c1. The van der Waals surface area contributed by atoms with Gasteiger partial charge in [-0.05, 0) is 46.4 Å². The number of phenolic OH excluding ortho intramolecular Hbond substituents is 1. The number of thioether (sulfide) groups is 1. The van der Waals surface area contributed by atoms with Crippen molar-refractivity contribution >= 4 is 62.9 Å². The second-order valence-electron chi connectivity index (χ2n) is 3.06. The van der Waals surface area contributed by atoms with Gasteiger partial charge in [0.2, 0.25) is 0 Å². The van der Waals surface area contributed by atoms with Crippen LogP contribution in [-0.4, -0.2) is 15.3 Å². The summed E-state index contributed by atoms with van der Waals surface area (Å²) in [5.41, 5.74) is 0.865. The fourth-order valence-corrected chi connectivity index (χ4v) is 2.77. The van der Waals surface area contributed by atoms with Crippen molar-refractivity contribution in [3.05, 3.63) is 32.2 Å². The Balaban J connectivity index is 2.32. The predicted molar refractivity (Wildman–Crippen MR) is 77.1 cm³/mol. The maximum Gasteiger partial charge on any atom is 0.263 e. The zero-order chi connectivity index (χ0) is 11.7. The van der Waals surface area contributed by atoms with E-state index in [2.05, 4.69) is 5.32 Å². The third-order valence-corrected chi connectivity index (χ3v) is 3.94. The van der Waals surface area contributed by atoms with Crippen molar-refractivity contribution in [2.75, 3.05) is 0 Å². The molecule has 1 aliphatic heterocycles. The first kappa shape index (κ1) is 11.9. The highest BCUT2D eigenvalue weighted by Gasteiger charge is 2.21. The highest BCUT2D eigenvalue weighted by atomic mass is 127. The molecule has 1 aliphatic rings. The molecule has 2 N–H and O–H groups in total. The van der Waals surface area contributed by atoms with Gasteiger partial charge in [0.25, 0.3) is 5.91 Å². The van der Waals surface area contributed by atoms with Gasteiger partial charge in [0, 0.05) is 0 Å². The van der Waals surface area contributed by atoms with Crippen molar-refractivity contribution in [2.24, 2.45) is 0 Å². The van der Waals surface area contributed by atoms with Crippen molar-refractivity contribution in [1.82, 2.24) is 5.32 Å². The van der Waals surface area contributed by atoms with Gasteiger partial charge in [-0.2, -0.15) is 0 Å². The molecule has 3 nitrogen and oxygen atoms in total. The van der Waals surface area contributed by atoms with Crippen LogP contribution in [0.15, 0.2) is 23.1 Å². The summed E-state index contributed by atoms with van der Waals surface area (Å²) in [5.74, 6) is 0.0693. The van der Waals surface area contributed by atoms with Gasteiger partial charge in [-0.3, -0.25) is 4.79 Å². The van der Waals surface area contributed by atoms with Crippen LogP contribution in [0.3, 0.4) is 0 Å². The van der Waals surface area contributed by atoms with E-state index in [9.17, 15) is 9.90 Å². The number of benzene rings is 1. The normalized spacial score (nSPS) is 17.9. The summed E-state index contributed by atoms with van der Waals surface area (Å²) < 4.78 is 1.22. The lowest BCUT2D eigenvalue weighted by Crippen LogP contribution is -2.17. The standard InChI is InChI=1S/C10H6INO2S2/c11-6-3-5(1-2-7(6)13)4-8-9(14)12-10(15)16-8/h1-4,13H,(H,12,14,15). The van der Waals surface area contributed by atoms with E-state index in [1.54, 1.807) is 24.3 Å². The van der Waals surface area contributed by atoms with Gasteiger partial charge in [0.15, 0.2) is 0 Å². The monoisotopic (exact) mass is 363 g/mol. The van der Waals surface area contributed by atoms with Gasteiger partial charge in [-0.25, -0.2) is 0 Å². The van der Waals surface area contributed by atoms with Gasteiger partial charge in [0.05, 0.1) is 8.48 Å². The minimum Gasteiger partial charge on any atom is -0.507 e. The number of nitrogens with one attached hydrogen (secondary N) is 1. The second kappa shape index (κ2) is 4.72. The number of hydrogen-bond donors (Lipinski definition) is 2. The van der Waals surface area contributed by atoms with E-state index < -0.39 is 0 Å². The number of aromatic hydroxyl groups is 1. The Bertz CT molecular complexity index is 514. The maximum absolute atomic E-state index is 11.4. The number of carbonyl (C=O) groups excluding carboxylic acids is 1. The summed E-state index contributed by atoms with van der Waals surface area (Å²) in [5, 5.41) is 11.9. The molecule has 16 heavy (non-hydrogen) atoms. The van der Waals surface area contributed by atoms with Crippen LogP contribution in [0.5, 0.6) is 5.75 Å². The molecule has 82 valence electrons. The lowest BCUT2D eigenvalue weighted by Gasteiger charge is -1.99. The molecule has 1 heterocycles. The van der Waals surface area contributed by atoms with Crippen LogP contribution in [0.1, 0.15) is 5.56 Å². The number of carbonyl (C=O) groups is 1. The molecule has 0 aromatic heterocycles. The lowest BCUT2D eigenvalue weighted by atomic mass is 10.2. The van der Waals surface area contributed by atoms with E-state index in [0.717, 1.165) is 9.13 Å². The summed E-state index contributed by atoms with van der Waals surface area (Å²) >= 11 is 8.16. The van der Waals surface area contributed by atoms with Crippen LogP contribution in [-0.2, 0) is 4.79 Å². The molecule has 1 fully saturated rings. The zero-order valence-electron chi connectivity index (χ0n) is 7.86. The third kappa shape index (κ3) is 2.55. The van der Waals surface area contributed by atoms with Crippen LogP contribution in [0.2, 0.25) is 0 Å². The van der Waals surface area contributed by atoms with E-state index in [1.165, 1.54) is 11.8 Å². The molecule has 1 aromatic carbocycles. The Morgan fingerprint density at radius 1 is 1.50 bits per heavy atom. The molecule has 0 radical (unpaired) electrons. The Hall–Kier alpha value is -0.600. The van der Waals surface area contributed by atoms with Crippen molar-refractivity contribution in [1.29, 1.82) is 0 Å². The van der Waals surface area contributed by atoms with E-state index in [4.69, 9.17) is 12.2 Å². The molecule has 0 spiro atoms. The molecule has 1 amide bonds. The molecule has 0 unspecified atom stereocenters. The first-order valence-corrected chi connectivity index (χ1v) is 6.60. The highest BCUT2D eigenvalue weighted by molar-refractivity contribution is 14.1. The van der Waals surface area contributed by atoms with E-state index >= 15 is 0 Å². The minimum absolute atomic E-state index is 0.168. The molecule has 1 aromatic rings. The molecular formula is C10H6INO2S2. The largest absolute Gasteiger partial charge is 0.507 e. The Morgan fingerprint density at radius 3 is 2.81 bits per heavy atom. The summed E-state index contributed by atoms with van der Waals surface area (Å²) in [4.78, 5) is 12.0. The molecule has 0 atom stereocenters. The average Bonchev–Trinajstić information content (AvgIpc) is 2.51. The lowest BCUT2D eigenvalue weighted by molar-refractivity contribution is -0.115. The molecular weight excluding hydrogens is 357 g/mol. The molecule has 6 heteroatoms. The van der Waals surface area contributed by atoms with Gasteiger partial charge >= 0.3 is 0 Å². The van der Waals surface area contributed by atoms with Gasteiger partial charge in [-0.1, -0.05) is 30.0 Å². The fraction of sp³-hybridized carbons (Fsp3) is 0.